The second-order valence-electron chi connectivity index (χ2n) is 6.25. The van der Waals surface area contributed by atoms with Crippen LogP contribution in [0.25, 0.3) is 0 Å². The predicted molar refractivity (Wildman–Crippen MR) is 119 cm³/mol. The molecule has 0 unspecified atom stereocenters. The van der Waals surface area contributed by atoms with E-state index in [1.807, 2.05) is 36.4 Å². The van der Waals surface area contributed by atoms with Crippen LogP contribution in [0.3, 0.4) is 0 Å². The quantitative estimate of drug-likeness (QED) is 0.501. The van der Waals surface area contributed by atoms with Crippen molar-refractivity contribution >= 4 is 40.9 Å². The highest BCUT2D eigenvalue weighted by atomic mass is 35.5. The number of ether oxygens (including phenoxy) is 1. The van der Waals surface area contributed by atoms with Crippen LogP contribution >= 0.6 is 23.4 Å². The second kappa shape index (κ2) is 10.1. The molecule has 3 aromatic rings. The number of carbonyl (C=O) groups excluding carboxylic acids is 2. The maximum absolute atomic E-state index is 12.6. The van der Waals surface area contributed by atoms with Gasteiger partial charge in [0.15, 0.2) is 0 Å². The zero-order chi connectivity index (χ0) is 20.6. The molecular formula is C23H20ClNO3S. The molecule has 1 amide bonds. The Morgan fingerprint density at radius 2 is 1.55 bits per heavy atom. The highest BCUT2D eigenvalue weighted by Gasteiger charge is 2.17. The van der Waals surface area contributed by atoms with E-state index >= 15 is 0 Å². The van der Waals surface area contributed by atoms with Gasteiger partial charge in [0.1, 0.15) is 0 Å². The average molecular weight is 426 g/mol. The molecule has 0 bridgehead atoms. The largest absolute Gasteiger partial charge is 0.465 e. The number of esters is 1. The fraction of sp³-hybridized carbons (Fsp3) is 0.130. The first-order chi connectivity index (χ1) is 14.1. The average Bonchev–Trinajstić information content (AvgIpc) is 2.76. The standard InChI is InChI=1S/C23H20ClNO3S/c1-28-23(27)18-12-13-19(24)20(14-18)25-21(26)15-29-22(16-8-4-2-5-9-16)17-10-6-3-7-11-17/h2-14,22H,15H2,1H3,(H,25,26). The molecule has 3 rings (SSSR count). The minimum Gasteiger partial charge on any atom is -0.465 e. The summed E-state index contributed by atoms with van der Waals surface area (Å²) in [6, 6.07) is 24.8. The van der Waals surface area contributed by atoms with Gasteiger partial charge < -0.3 is 10.1 Å². The number of hydrogen-bond donors (Lipinski definition) is 1. The third-order valence-corrected chi connectivity index (χ3v) is 5.88. The van der Waals surface area contributed by atoms with E-state index in [9.17, 15) is 9.59 Å². The molecule has 0 radical (unpaired) electrons. The third-order valence-electron chi connectivity index (χ3n) is 4.25. The van der Waals surface area contributed by atoms with Crippen LogP contribution in [0.4, 0.5) is 5.69 Å². The van der Waals surface area contributed by atoms with Gasteiger partial charge in [-0.3, -0.25) is 4.79 Å². The fourth-order valence-electron chi connectivity index (χ4n) is 2.85. The second-order valence-corrected chi connectivity index (χ2v) is 7.75. The molecule has 0 spiro atoms. The van der Waals surface area contributed by atoms with Crippen LogP contribution in [-0.4, -0.2) is 24.7 Å². The van der Waals surface area contributed by atoms with Gasteiger partial charge in [-0.25, -0.2) is 4.79 Å². The summed E-state index contributed by atoms with van der Waals surface area (Å²) in [6.07, 6.45) is 0. The minimum absolute atomic E-state index is 0.0278. The number of anilines is 1. The zero-order valence-corrected chi connectivity index (χ0v) is 17.4. The lowest BCUT2D eigenvalue weighted by Crippen LogP contribution is -2.16. The van der Waals surface area contributed by atoms with Gasteiger partial charge in [0.2, 0.25) is 5.91 Å². The molecule has 148 valence electrons. The van der Waals surface area contributed by atoms with Gasteiger partial charge in [0, 0.05) is 0 Å². The summed E-state index contributed by atoms with van der Waals surface area (Å²) in [4.78, 5) is 24.3. The first kappa shape index (κ1) is 21.0. The van der Waals surface area contributed by atoms with E-state index in [1.54, 1.807) is 12.1 Å². The van der Waals surface area contributed by atoms with Crippen molar-refractivity contribution in [3.63, 3.8) is 0 Å². The van der Waals surface area contributed by atoms with Crippen molar-refractivity contribution in [3.05, 3.63) is 101 Å². The van der Waals surface area contributed by atoms with E-state index in [1.165, 1.54) is 24.9 Å². The summed E-state index contributed by atoms with van der Waals surface area (Å²) in [7, 11) is 1.30. The van der Waals surface area contributed by atoms with Gasteiger partial charge in [-0.1, -0.05) is 72.3 Å². The van der Waals surface area contributed by atoms with Crippen molar-refractivity contribution in [2.75, 3.05) is 18.2 Å². The number of nitrogens with one attached hydrogen (secondary N) is 1. The van der Waals surface area contributed by atoms with E-state index < -0.39 is 5.97 Å². The van der Waals surface area contributed by atoms with Gasteiger partial charge in [0.05, 0.1) is 34.4 Å². The lowest BCUT2D eigenvalue weighted by Gasteiger charge is -2.18. The summed E-state index contributed by atoms with van der Waals surface area (Å²) in [5.41, 5.74) is 2.96. The number of amides is 1. The van der Waals surface area contributed by atoms with Crippen LogP contribution in [0.5, 0.6) is 0 Å². The van der Waals surface area contributed by atoms with E-state index in [4.69, 9.17) is 16.3 Å². The van der Waals surface area contributed by atoms with E-state index in [-0.39, 0.29) is 16.9 Å². The summed E-state index contributed by atoms with van der Waals surface area (Å²) in [6.45, 7) is 0. The zero-order valence-electron chi connectivity index (χ0n) is 15.8. The highest BCUT2D eigenvalue weighted by molar-refractivity contribution is 8.00. The number of methoxy groups -OCH3 is 1. The topological polar surface area (TPSA) is 55.4 Å². The number of carbonyl (C=O) groups is 2. The maximum Gasteiger partial charge on any atom is 0.337 e. The molecule has 4 nitrogen and oxygen atoms in total. The van der Waals surface area contributed by atoms with Crippen molar-refractivity contribution < 1.29 is 14.3 Å². The molecule has 0 saturated heterocycles. The molecule has 0 atom stereocenters. The summed E-state index contributed by atoms with van der Waals surface area (Å²) in [5, 5.41) is 3.18. The Hall–Kier alpha value is -2.76. The van der Waals surface area contributed by atoms with E-state index in [2.05, 4.69) is 29.6 Å². The van der Waals surface area contributed by atoms with Crippen molar-refractivity contribution in [2.45, 2.75) is 5.25 Å². The van der Waals surface area contributed by atoms with Crippen LogP contribution < -0.4 is 5.32 Å². The lowest BCUT2D eigenvalue weighted by atomic mass is 10.0. The number of benzene rings is 3. The van der Waals surface area contributed by atoms with Gasteiger partial charge >= 0.3 is 5.97 Å². The number of thioether (sulfide) groups is 1. The van der Waals surface area contributed by atoms with Gasteiger partial charge in [-0.05, 0) is 29.3 Å². The predicted octanol–water partition coefficient (Wildman–Crippen LogP) is 5.59. The smallest absolute Gasteiger partial charge is 0.337 e. The molecule has 6 heteroatoms. The SMILES string of the molecule is COC(=O)c1ccc(Cl)c(NC(=O)CSC(c2ccccc2)c2ccccc2)c1. The van der Waals surface area contributed by atoms with E-state index in [0.717, 1.165) is 11.1 Å². The third kappa shape index (κ3) is 5.62. The molecule has 0 aliphatic rings. The van der Waals surface area contributed by atoms with Crippen molar-refractivity contribution in [1.29, 1.82) is 0 Å². The molecule has 0 aliphatic carbocycles. The maximum atomic E-state index is 12.6. The Morgan fingerprint density at radius 1 is 0.966 bits per heavy atom. The normalized spacial score (nSPS) is 10.6. The molecule has 0 aromatic heterocycles. The first-order valence-electron chi connectivity index (χ1n) is 8.97. The molecule has 0 heterocycles. The minimum atomic E-state index is -0.486. The van der Waals surface area contributed by atoms with Gasteiger partial charge in [-0.2, -0.15) is 0 Å². The van der Waals surface area contributed by atoms with Crippen molar-refractivity contribution in [1.82, 2.24) is 0 Å². The van der Waals surface area contributed by atoms with Crippen LogP contribution in [0.2, 0.25) is 5.02 Å². The highest BCUT2D eigenvalue weighted by Crippen LogP contribution is 2.35. The Balaban J connectivity index is 1.72. The number of hydrogen-bond acceptors (Lipinski definition) is 4. The Kier molecular flexibility index (Phi) is 7.33. The summed E-state index contributed by atoms with van der Waals surface area (Å²) in [5.74, 6) is -0.455. The summed E-state index contributed by atoms with van der Waals surface area (Å²) < 4.78 is 4.71. The van der Waals surface area contributed by atoms with Gasteiger partial charge in [0.25, 0.3) is 0 Å². The number of halogens is 1. The Bertz CT molecular complexity index is 940. The molecule has 0 fully saturated rings. The Labute approximate surface area is 179 Å². The van der Waals surface area contributed by atoms with Crippen molar-refractivity contribution in [3.8, 4) is 0 Å². The van der Waals surface area contributed by atoms with E-state index in [0.29, 0.717) is 16.3 Å². The van der Waals surface area contributed by atoms with Crippen LogP contribution in [0.15, 0.2) is 78.9 Å². The molecule has 29 heavy (non-hydrogen) atoms. The van der Waals surface area contributed by atoms with Crippen LogP contribution in [0.1, 0.15) is 26.7 Å². The fourth-order valence-corrected chi connectivity index (χ4v) is 4.11. The van der Waals surface area contributed by atoms with Crippen LogP contribution in [0, 0.1) is 0 Å². The molecule has 1 N–H and O–H groups in total. The van der Waals surface area contributed by atoms with Gasteiger partial charge in [-0.15, -0.1) is 11.8 Å². The summed E-state index contributed by atoms with van der Waals surface area (Å²) >= 11 is 7.70. The molecule has 0 aliphatic heterocycles. The first-order valence-corrected chi connectivity index (χ1v) is 10.4. The lowest BCUT2D eigenvalue weighted by molar-refractivity contribution is -0.113. The van der Waals surface area contributed by atoms with Crippen LogP contribution in [-0.2, 0) is 9.53 Å². The molecular weight excluding hydrogens is 406 g/mol. The van der Waals surface area contributed by atoms with Crippen molar-refractivity contribution in [2.24, 2.45) is 0 Å². The molecule has 0 saturated carbocycles. The molecule has 3 aromatic carbocycles. The number of rotatable bonds is 7. The Morgan fingerprint density at radius 3 is 2.10 bits per heavy atom. The monoisotopic (exact) mass is 425 g/mol.